The molecule has 6 heteroatoms. The van der Waals surface area contributed by atoms with Crippen molar-refractivity contribution in [3.8, 4) is 5.69 Å². The van der Waals surface area contributed by atoms with Crippen LogP contribution in [0.3, 0.4) is 0 Å². The Morgan fingerprint density at radius 3 is 2.43 bits per heavy atom. The summed E-state index contributed by atoms with van der Waals surface area (Å²) in [6.07, 6.45) is 7.40. The molecule has 1 aliphatic carbocycles. The molecule has 156 valence electrons. The Bertz CT molecular complexity index is 1080. The molecule has 1 amide bonds. The van der Waals surface area contributed by atoms with Gasteiger partial charge in [0.15, 0.2) is 5.65 Å². The van der Waals surface area contributed by atoms with E-state index in [0.717, 1.165) is 73.2 Å². The number of halogens is 1. The van der Waals surface area contributed by atoms with Crippen molar-refractivity contribution in [2.24, 2.45) is 0 Å². The molecule has 0 bridgehead atoms. The molecule has 0 unspecified atom stereocenters. The van der Waals surface area contributed by atoms with Gasteiger partial charge in [-0.25, -0.2) is 14.1 Å². The second-order valence-electron chi connectivity index (χ2n) is 8.47. The van der Waals surface area contributed by atoms with Gasteiger partial charge in [0.1, 0.15) is 5.82 Å². The van der Waals surface area contributed by atoms with Crippen molar-refractivity contribution in [2.45, 2.75) is 57.8 Å². The smallest absolute Gasteiger partial charge is 0.254 e. The molecule has 0 atom stereocenters. The Balaban J connectivity index is 1.70. The van der Waals surface area contributed by atoms with Gasteiger partial charge in [-0.3, -0.25) is 4.79 Å². The molecule has 2 fully saturated rings. The number of fused-ring (bicyclic) bond motifs is 1. The largest absolute Gasteiger partial charge is 0.339 e. The summed E-state index contributed by atoms with van der Waals surface area (Å²) in [4.78, 5) is 20.5. The minimum Gasteiger partial charge on any atom is -0.339 e. The lowest BCUT2D eigenvalue weighted by atomic mass is 10.0. The summed E-state index contributed by atoms with van der Waals surface area (Å²) < 4.78 is 15.3. The summed E-state index contributed by atoms with van der Waals surface area (Å²) in [6, 6.07) is 8.28. The summed E-state index contributed by atoms with van der Waals surface area (Å²) in [6.45, 7) is 3.68. The van der Waals surface area contributed by atoms with Crippen LogP contribution in [-0.4, -0.2) is 38.7 Å². The van der Waals surface area contributed by atoms with Crippen molar-refractivity contribution < 1.29 is 9.18 Å². The second kappa shape index (κ2) is 7.82. The molecule has 0 N–H and O–H groups in total. The zero-order chi connectivity index (χ0) is 20.7. The van der Waals surface area contributed by atoms with E-state index in [4.69, 9.17) is 10.1 Å². The summed E-state index contributed by atoms with van der Waals surface area (Å²) in [5.41, 5.74) is 4.05. The van der Waals surface area contributed by atoms with Crippen LogP contribution in [0.25, 0.3) is 16.7 Å². The maximum Gasteiger partial charge on any atom is 0.254 e. The van der Waals surface area contributed by atoms with E-state index < -0.39 is 0 Å². The number of amides is 1. The Hall–Kier alpha value is -2.76. The summed E-state index contributed by atoms with van der Waals surface area (Å²) in [7, 11) is 0. The molecule has 1 saturated heterocycles. The monoisotopic (exact) mass is 406 g/mol. The van der Waals surface area contributed by atoms with Gasteiger partial charge in [0.05, 0.1) is 22.3 Å². The lowest BCUT2D eigenvalue weighted by Crippen LogP contribution is -2.32. The standard InChI is InChI=1S/C24H27FN4O/c1-2-18-15-20(24(30)28-13-5-3-4-6-14-28)21-22(16-7-8-16)27-29(23(21)26-18)19-11-9-17(25)10-12-19/h9-12,15-16H,2-8,13-14H2,1H3. The van der Waals surface area contributed by atoms with E-state index in [1.54, 1.807) is 16.8 Å². The molecule has 1 aliphatic heterocycles. The first-order chi connectivity index (χ1) is 14.7. The third-order valence-electron chi connectivity index (χ3n) is 6.24. The highest BCUT2D eigenvalue weighted by atomic mass is 19.1. The molecule has 5 rings (SSSR count). The average molecular weight is 407 g/mol. The first-order valence-corrected chi connectivity index (χ1v) is 11.1. The Morgan fingerprint density at radius 2 is 1.80 bits per heavy atom. The van der Waals surface area contributed by atoms with E-state index in [1.165, 1.54) is 25.0 Å². The Morgan fingerprint density at radius 1 is 1.10 bits per heavy atom. The van der Waals surface area contributed by atoms with E-state index in [1.807, 2.05) is 11.0 Å². The number of aryl methyl sites for hydroxylation is 1. The Labute approximate surface area is 175 Å². The molecule has 2 aliphatic rings. The number of benzene rings is 1. The van der Waals surface area contributed by atoms with E-state index in [9.17, 15) is 9.18 Å². The van der Waals surface area contributed by atoms with E-state index >= 15 is 0 Å². The molecule has 2 aromatic heterocycles. The minimum atomic E-state index is -0.281. The normalized spacial score (nSPS) is 17.3. The summed E-state index contributed by atoms with van der Waals surface area (Å²) in [5, 5.41) is 5.78. The second-order valence-corrected chi connectivity index (χ2v) is 8.47. The maximum absolute atomic E-state index is 13.6. The average Bonchev–Trinajstić information content (AvgIpc) is 3.58. The molecule has 30 heavy (non-hydrogen) atoms. The summed E-state index contributed by atoms with van der Waals surface area (Å²) in [5.74, 6) is 0.190. The zero-order valence-electron chi connectivity index (χ0n) is 17.4. The lowest BCUT2D eigenvalue weighted by Gasteiger charge is -2.21. The fourth-order valence-electron chi connectivity index (χ4n) is 4.39. The van der Waals surface area contributed by atoms with Crippen LogP contribution in [0.5, 0.6) is 0 Å². The zero-order valence-corrected chi connectivity index (χ0v) is 17.4. The lowest BCUT2D eigenvalue weighted by molar-refractivity contribution is 0.0763. The van der Waals surface area contributed by atoms with Gasteiger partial charge in [0, 0.05) is 24.7 Å². The van der Waals surface area contributed by atoms with E-state index in [-0.39, 0.29) is 11.7 Å². The van der Waals surface area contributed by atoms with Crippen LogP contribution in [-0.2, 0) is 6.42 Å². The van der Waals surface area contributed by atoms with Crippen LogP contribution in [0.4, 0.5) is 4.39 Å². The van der Waals surface area contributed by atoms with Gasteiger partial charge in [0.25, 0.3) is 5.91 Å². The van der Waals surface area contributed by atoms with Crippen LogP contribution >= 0.6 is 0 Å². The number of rotatable bonds is 4. The van der Waals surface area contributed by atoms with Crippen molar-refractivity contribution in [3.63, 3.8) is 0 Å². The fraction of sp³-hybridized carbons (Fsp3) is 0.458. The van der Waals surface area contributed by atoms with Gasteiger partial charge in [0.2, 0.25) is 0 Å². The molecule has 1 aromatic carbocycles. The molecule has 1 saturated carbocycles. The third-order valence-corrected chi connectivity index (χ3v) is 6.24. The highest BCUT2D eigenvalue weighted by molar-refractivity contribution is 6.07. The highest BCUT2D eigenvalue weighted by Gasteiger charge is 2.33. The van der Waals surface area contributed by atoms with E-state index in [2.05, 4.69) is 6.92 Å². The van der Waals surface area contributed by atoms with Gasteiger partial charge in [-0.05, 0) is 62.4 Å². The quantitative estimate of drug-likeness (QED) is 0.612. The third kappa shape index (κ3) is 3.48. The predicted molar refractivity (Wildman–Crippen MR) is 115 cm³/mol. The van der Waals surface area contributed by atoms with Gasteiger partial charge in [-0.1, -0.05) is 19.8 Å². The van der Waals surface area contributed by atoms with Crippen molar-refractivity contribution in [1.82, 2.24) is 19.7 Å². The topological polar surface area (TPSA) is 51.0 Å². The van der Waals surface area contributed by atoms with Gasteiger partial charge in [-0.2, -0.15) is 5.10 Å². The van der Waals surface area contributed by atoms with Crippen molar-refractivity contribution in [2.75, 3.05) is 13.1 Å². The molecular weight excluding hydrogens is 379 g/mol. The highest BCUT2D eigenvalue weighted by Crippen LogP contribution is 2.44. The van der Waals surface area contributed by atoms with Gasteiger partial charge in [-0.15, -0.1) is 0 Å². The SMILES string of the molecule is CCc1cc(C(=O)N2CCCCCC2)c2c(C3CC3)nn(-c3ccc(F)cc3)c2n1. The van der Waals surface area contributed by atoms with Crippen LogP contribution in [0.1, 0.15) is 73.1 Å². The number of hydrogen-bond acceptors (Lipinski definition) is 3. The Kier molecular flexibility index (Phi) is 5.01. The number of likely N-dealkylation sites (tertiary alicyclic amines) is 1. The first kappa shape index (κ1) is 19.2. The van der Waals surface area contributed by atoms with Crippen molar-refractivity contribution in [1.29, 1.82) is 0 Å². The number of hydrogen-bond donors (Lipinski definition) is 0. The van der Waals surface area contributed by atoms with Gasteiger partial charge >= 0.3 is 0 Å². The molecule has 0 radical (unpaired) electrons. The van der Waals surface area contributed by atoms with Crippen LogP contribution in [0.15, 0.2) is 30.3 Å². The molecule has 3 aromatic rings. The molecule has 5 nitrogen and oxygen atoms in total. The molecule has 3 heterocycles. The number of carbonyl (C=O) groups excluding carboxylic acids is 1. The van der Waals surface area contributed by atoms with Crippen molar-refractivity contribution in [3.05, 3.63) is 53.1 Å². The molecule has 0 spiro atoms. The van der Waals surface area contributed by atoms with Crippen molar-refractivity contribution >= 4 is 16.9 Å². The number of aromatic nitrogens is 3. The van der Waals surface area contributed by atoms with Crippen LogP contribution in [0.2, 0.25) is 0 Å². The predicted octanol–water partition coefficient (Wildman–Crippen LogP) is 5.02. The minimum absolute atomic E-state index is 0.0968. The van der Waals surface area contributed by atoms with Crippen LogP contribution in [0, 0.1) is 5.82 Å². The molecular formula is C24H27FN4O. The number of pyridine rings is 1. The van der Waals surface area contributed by atoms with Crippen LogP contribution < -0.4 is 0 Å². The first-order valence-electron chi connectivity index (χ1n) is 11.1. The summed E-state index contributed by atoms with van der Waals surface area (Å²) >= 11 is 0. The maximum atomic E-state index is 13.6. The number of nitrogens with zero attached hydrogens (tertiary/aromatic N) is 4. The number of carbonyl (C=O) groups is 1. The van der Waals surface area contributed by atoms with E-state index in [0.29, 0.717) is 11.6 Å². The van der Waals surface area contributed by atoms with Gasteiger partial charge < -0.3 is 4.90 Å². The fourth-order valence-corrected chi connectivity index (χ4v) is 4.39.